The van der Waals surface area contributed by atoms with Crippen molar-refractivity contribution in [2.24, 2.45) is 0 Å². The first kappa shape index (κ1) is 19.9. The van der Waals surface area contributed by atoms with E-state index in [1.54, 1.807) is 36.5 Å². The number of nitrogens with one attached hydrogen (secondary N) is 1. The Hall–Kier alpha value is -2.84. The summed E-state index contributed by atoms with van der Waals surface area (Å²) >= 11 is 1.51. The number of para-hydroxylation sites is 1. The van der Waals surface area contributed by atoms with Crippen molar-refractivity contribution < 1.29 is 13.2 Å². The largest absolute Gasteiger partial charge is 0.321 e. The molecule has 0 spiro atoms. The van der Waals surface area contributed by atoms with Gasteiger partial charge in [0.2, 0.25) is 0 Å². The summed E-state index contributed by atoms with van der Waals surface area (Å²) in [5, 5.41) is 3.60. The zero-order valence-electron chi connectivity index (χ0n) is 15.4. The first-order valence-electron chi connectivity index (χ1n) is 8.37. The van der Waals surface area contributed by atoms with Crippen molar-refractivity contribution in [1.29, 1.82) is 0 Å². The molecule has 0 saturated carbocycles. The molecule has 0 aliphatic carbocycles. The highest BCUT2D eigenvalue weighted by Crippen LogP contribution is 2.22. The van der Waals surface area contributed by atoms with Crippen molar-refractivity contribution in [2.45, 2.75) is 9.92 Å². The molecule has 1 amide bonds. The molecule has 1 N–H and O–H groups in total. The fraction of sp³-hybridized carbons (Fsp3) is 0.100. The maximum atomic E-state index is 12.8. The quantitative estimate of drug-likeness (QED) is 0.621. The van der Waals surface area contributed by atoms with Gasteiger partial charge in [0, 0.05) is 12.6 Å². The van der Waals surface area contributed by atoms with Gasteiger partial charge in [-0.1, -0.05) is 18.2 Å². The highest BCUT2D eigenvalue weighted by atomic mass is 32.2. The van der Waals surface area contributed by atoms with E-state index in [1.807, 2.05) is 18.4 Å². The van der Waals surface area contributed by atoms with Crippen LogP contribution in [0.15, 0.2) is 82.8 Å². The van der Waals surface area contributed by atoms with Crippen molar-refractivity contribution in [2.75, 3.05) is 22.9 Å². The predicted octanol–water partition coefficient (Wildman–Crippen LogP) is 3.88. The molecule has 0 aliphatic rings. The number of hydrogen-bond acceptors (Lipinski definition) is 5. The van der Waals surface area contributed by atoms with Crippen LogP contribution in [0.2, 0.25) is 0 Å². The lowest BCUT2D eigenvalue weighted by Crippen LogP contribution is -2.26. The predicted molar refractivity (Wildman–Crippen MR) is 112 cm³/mol. The van der Waals surface area contributed by atoms with E-state index < -0.39 is 10.0 Å². The molecule has 1 heterocycles. The van der Waals surface area contributed by atoms with E-state index in [2.05, 4.69) is 10.3 Å². The lowest BCUT2D eigenvalue weighted by atomic mass is 10.2. The third kappa shape index (κ3) is 4.35. The van der Waals surface area contributed by atoms with Crippen molar-refractivity contribution >= 4 is 39.1 Å². The Morgan fingerprint density at radius 3 is 2.25 bits per heavy atom. The third-order valence-electron chi connectivity index (χ3n) is 4.10. The fourth-order valence-corrected chi connectivity index (χ4v) is 4.05. The highest BCUT2D eigenvalue weighted by molar-refractivity contribution is 7.98. The zero-order chi connectivity index (χ0) is 20.1. The average molecular weight is 414 g/mol. The molecule has 3 aromatic rings. The van der Waals surface area contributed by atoms with Gasteiger partial charge >= 0.3 is 0 Å². The summed E-state index contributed by atoms with van der Waals surface area (Å²) in [6.45, 7) is 0. The monoisotopic (exact) mass is 413 g/mol. The summed E-state index contributed by atoms with van der Waals surface area (Å²) in [5.74, 6) is -0.334. The van der Waals surface area contributed by atoms with Crippen LogP contribution >= 0.6 is 11.8 Å². The summed E-state index contributed by atoms with van der Waals surface area (Å²) in [4.78, 5) is 16.7. The van der Waals surface area contributed by atoms with Gasteiger partial charge in [0.25, 0.3) is 15.9 Å². The Morgan fingerprint density at radius 2 is 1.68 bits per heavy atom. The zero-order valence-corrected chi connectivity index (χ0v) is 17.0. The molecule has 3 rings (SSSR count). The van der Waals surface area contributed by atoms with Crippen LogP contribution in [0.5, 0.6) is 0 Å². The van der Waals surface area contributed by atoms with E-state index in [9.17, 15) is 13.2 Å². The molecule has 0 unspecified atom stereocenters. The second-order valence-electron chi connectivity index (χ2n) is 5.88. The van der Waals surface area contributed by atoms with Crippen LogP contribution in [0, 0.1) is 0 Å². The number of anilines is 2. The SMILES string of the molecule is CSc1ccc(NC(=O)c2ccc(S(=O)(=O)N(C)c3ccccc3)cc2)cn1. The molecule has 8 heteroatoms. The number of aromatic nitrogens is 1. The minimum absolute atomic E-state index is 0.112. The number of amides is 1. The number of pyridine rings is 1. The summed E-state index contributed by atoms with van der Waals surface area (Å²) in [6, 6.07) is 18.2. The second-order valence-corrected chi connectivity index (χ2v) is 8.67. The van der Waals surface area contributed by atoms with Crippen LogP contribution in [0.4, 0.5) is 11.4 Å². The molecule has 0 aliphatic heterocycles. The maximum absolute atomic E-state index is 12.8. The lowest BCUT2D eigenvalue weighted by molar-refractivity contribution is 0.102. The van der Waals surface area contributed by atoms with Gasteiger partial charge in [-0.15, -0.1) is 11.8 Å². The molecule has 0 bridgehead atoms. The normalized spacial score (nSPS) is 11.1. The van der Waals surface area contributed by atoms with Gasteiger partial charge in [-0.2, -0.15) is 0 Å². The van der Waals surface area contributed by atoms with Gasteiger partial charge in [0.15, 0.2) is 0 Å². The average Bonchev–Trinajstić information content (AvgIpc) is 2.74. The van der Waals surface area contributed by atoms with E-state index in [4.69, 9.17) is 0 Å². The van der Waals surface area contributed by atoms with Crippen LogP contribution in [-0.4, -0.2) is 32.6 Å². The molecule has 144 valence electrons. The molecule has 2 aromatic carbocycles. The van der Waals surface area contributed by atoms with Gasteiger partial charge in [0.05, 0.1) is 27.5 Å². The van der Waals surface area contributed by atoms with Gasteiger partial charge in [0.1, 0.15) is 0 Å². The Kier molecular flexibility index (Phi) is 6.01. The van der Waals surface area contributed by atoms with Crippen molar-refractivity contribution in [3.8, 4) is 0 Å². The van der Waals surface area contributed by atoms with Crippen molar-refractivity contribution in [3.63, 3.8) is 0 Å². The van der Waals surface area contributed by atoms with Gasteiger partial charge in [-0.05, 0) is 54.8 Å². The Bertz CT molecular complexity index is 1050. The van der Waals surface area contributed by atoms with E-state index in [-0.39, 0.29) is 10.8 Å². The van der Waals surface area contributed by atoms with Gasteiger partial charge < -0.3 is 5.32 Å². The number of carbonyl (C=O) groups is 1. The van der Waals surface area contributed by atoms with Crippen LogP contribution in [-0.2, 0) is 10.0 Å². The number of nitrogens with zero attached hydrogens (tertiary/aromatic N) is 2. The van der Waals surface area contributed by atoms with Crippen LogP contribution < -0.4 is 9.62 Å². The molecule has 0 radical (unpaired) electrons. The number of thioether (sulfide) groups is 1. The summed E-state index contributed by atoms with van der Waals surface area (Å²) < 4.78 is 26.8. The van der Waals surface area contributed by atoms with Crippen LogP contribution in [0.1, 0.15) is 10.4 Å². The highest BCUT2D eigenvalue weighted by Gasteiger charge is 2.21. The molecule has 0 fully saturated rings. The van der Waals surface area contributed by atoms with Crippen molar-refractivity contribution in [1.82, 2.24) is 4.98 Å². The van der Waals surface area contributed by atoms with Gasteiger partial charge in [-0.25, -0.2) is 13.4 Å². The Labute approximate surface area is 168 Å². The summed E-state index contributed by atoms with van der Waals surface area (Å²) in [5.41, 5.74) is 1.49. The molecular weight excluding hydrogens is 394 g/mol. The number of benzene rings is 2. The van der Waals surface area contributed by atoms with E-state index in [0.717, 1.165) is 5.03 Å². The standard InChI is InChI=1S/C20H19N3O3S2/c1-23(17-6-4-3-5-7-17)28(25,26)18-11-8-15(9-12-18)20(24)22-16-10-13-19(27-2)21-14-16/h3-14H,1-2H3,(H,22,24). The van der Waals surface area contributed by atoms with Crippen LogP contribution in [0.3, 0.4) is 0 Å². The van der Waals surface area contributed by atoms with E-state index >= 15 is 0 Å². The Morgan fingerprint density at radius 1 is 1.00 bits per heavy atom. The Balaban J connectivity index is 1.75. The molecular formula is C20H19N3O3S2. The molecule has 6 nitrogen and oxygen atoms in total. The number of hydrogen-bond donors (Lipinski definition) is 1. The lowest BCUT2D eigenvalue weighted by Gasteiger charge is -2.19. The molecule has 1 aromatic heterocycles. The van der Waals surface area contributed by atoms with E-state index in [0.29, 0.717) is 16.9 Å². The van der Waals surface area contributed by atoms with Gasteiger partial charge in [-0.3, -0.25) is 9.10 Å². The first-order chi connectivity index (χ1) is 13.4. The molecule has 0 atom stereocenters. The molecule has 0 saturated heterocycles. The third-order valence-corrected chi connectivity index (χ3v) is 6.56. The van der Waals surface area contributed by atoms with Crippen molar-refractivity contribution in [3.05, 3.63) is 78.5 Å². The second kappa shape index (κ2) is 8.45. The minimum atomic E-state index is -3.71. The molecule has 28 heavy (non-hydrogen) atoms. The maximum Gasteiger partial charge on any atom is 0.264 e. The minimum Gasteiger partial charge on any atom is -0.321 e. The van der Waals surface area contributed by atoms with E-state index in [1.165, 1.54) is 47.4 Å². The fourth-order valence-electron chi connectivity index (χ4n) is 2.49. The number of rotatable bonds is 6. The smallest absolute Gasteiger partial charge is 0.264 e. The van der Waals surface area contributed by atoms with Crippen LogP contribution in [0.25, 0.3) is 0 Å². The number of sulfonamides is 1. The first-order valence-corrected chi connectivity index (χ1v) is 11.0. The summed E-state index contributed by atoms with van der Waals surface area (Å²) in [6.07, 6.45) is 3.50. The summed E-state index contributed by atoms with van der Waals surface area (Å²) in [7, 11) is -2.22. The topological polar surface area (TPSA) is 79.4 Å². The number of carbonyl (C=O) groups excluding carboxylic acids is 1.